The summed E-state index contributed by atoms with van der Waals surface area (Å²) in [6, 6.07) is 6.21. The first-order valence-electron chi connectivity index (χ1n) is 5.96. The molecule has 0 amide bonds. The summed E-state index contributed by atoms with van der Waals surface area (Å²) in [7, 11) is 0. The number of terminal acetylenes is 1. The molecule has 0 aliphatic carbocycles. The summed E-state index contributed by atoms with van der Waals surface area (Å²) in [5.74, 6) is 2.78. The van der Waals surface area contributed by atoms with E-state index >= 15 is 0 Å². The first-order chi connectivity index (χ1) is 8.35. The van der Waals surface area contributed by atoms with Crippen LogP contribution < -0.4 is 5.32 Å². The maximum atomic E-state index is 5.48. The van der Waals surface area contributed by atoms with Crippen LogP contribution in [0.1, 0.15) is 25.3 Å². The number of rotatable bonds is 5. The Morgan fingerprint density at radius 2 is 2.41 bits per heavy atom. The van der Waals surface area contributed by atoms with Crippen LogP contribution in [0.2, 0.25) is 0 Å². The predicted octanol–water partition coefficient (Wildman–Crippen LogP) is 2.23. The van der Waals surface area contributed by atoms with Crippen molar-refractivity contribution in [3.05, 3.63) is 36.2 Å². The van der Waals surface area contributed by atoms with Gasteiger partial charge in [0.05, 0.1) is 17.8 Å². The second-order valence-corrected chi connectivity index (χ2v) is 4.09. The summed E-state index contributed by atoms with van der Waals surface area (Å²) in [5.41, 5.74) is 2.31. The molecule has 3 nitrogen and oxygen atoms in total. The molecule has 1 unspecified atom stereocenters. The highest BCUT2D eigenvalue weighted by atomic mass is 15.2. The molecule has 88 valence electrons. The topological polar surface area (TPSA) is 29.3 Å². The van der Waals surface area contributed by atoms with E-state index in [2.05, 4.69) is 29.3 Å². The van der Waals surface area contributed by atoms with Crippen molar-refractivity contribution in [3.8, 4) is 12.3 Å². The van der Waals surface area contributed by atoms with Crippen LogP contribution in [0, 0.1) is 12.3 Å². The summed E-state index contributed by atoms with van der Waals surface area (Å²) in [6.45, 7) is 2.91. The van der Waals surface area contributed by atoms with Gasteiger partial charge in [-0.25, -0.2) is 4.52 Å². The average molecular weight is 227 g/mol. The number of fused-ring (bicyclic) bond motifs is 1. The van der Waals surface area contributed by atoms with Crippen LogP contribution >= 0.6 is 0 Å². The van der Waals surface area contributed by atoms with E-state index in [1.807, 2.05) is 29.0 Å². The maximum Gasteiger partial charge on any atom is 0.0706 e. The fourth-order valence-electron chi connectivity index (χ4n) is 1.89. The SMILES string of the molecule is C#CC(CCC)NCc1cnn2ccccc12. The molecule has 0 aliphatic rings. The monoisotopic (exact) mass is 227 g/mol. The average Bonchev–Trinajstić information content (AvgIpc) is 2.78. The van der Waals surface area contributed by atoms with Crippen molar-refractivity contribution >= 4 is 5.52 Å². The zero-order valence-corrected chi connectivity index (χ0v) is 10.1. The van der Waals surface area contributed by atoms with E-state index in [4.69, 9.17) is 6.42 Å². The van der Waals surface area contributed by atoms with Gasteiger partial charge in [-0.2, -0.15) is 5.10 Å². The van der Waals surface area contributed by atoms with Crippen LogP contribution in [0.5, 0.6) is 0 Å². The molecule has 2 aromatic heterocycles. The minimum absolute atomic E-state index is 0.152. The molecule has 17 heavy (non-hydrogen) atoms. The first-order valence-corrected chi connectivity index (χ1v) is 5.96. The molecule has 0 saturated heterocycles. The molecule has 1 N–H and O–H groups in total. The van der Waals surface area contributed by atoms with Crippen LogP contribution in [-0.4, -0.2) is 15.7 Å². The Labute approximate surface area is 102 Å². The molecule has 2 aromatic rings. The molecule has 1 atom stereocenters. The molecule has 0 spiro atoms. The van der Waals surface area contributed by atoms with Crippen LogP contribution in [-0.2, 0) is 6.54 Å². The Bertz CT molecular complexity index is 521. The molecule has 2 heterocycles. The zero-order valence-electron chi connectivity index (χ0n) is 10.1. The second-order valence-electron chi connectivity index (χ2n) is 4.09. The van der Waals surface area contributed by atoms with Crippen molar-refractivity contribution in [2.75, 3.05) is 0 Å². The summed E-state index contributed by atoms with van der Waals surface area (Å²) in [4.78, 5) is 0. The van der Waals surface area contributed by atoms with Gasteiger partial charge in [-0.15, -0.1) is 6.42 Å². The highest BCUT2D eigenvalue weighted by Crippen LogP contribution is 2.10. The largest absolute Gasteiger partial charge is 0.299 e. The Morgan fingerprint density at radius 3 is 3.18 bits per heavy atom. The third-order valence-electron chi connectivity index (χ3n) is 2.82. The minimum Gasteiger partial charge on any atom is -0.299 e. The highest BCUT2D eigenvalue weighted by molar-refractivity contribution is 5.53. The van der Waals surface area contributed by atoms with Crippen molar-refractivity contribution in [2.24, 2.45) is 0 Å². The first kappa shape index (κ1) is 11.7. The van der Waals surface area contributed by atoms with Gasteiger partial charge in [0.25, 0.3) is 0 Å². The van der Waals surface area contributed by atoms with Gasteiger partial charge in [-0.05, 0) is 18.6 Å². The summed E-state index contributed by atoms with van der Waals surface area (Å²) >= 11 is 0. The van der Waals surface area contributed by atoms with E-state index in [1.165, 1.54) is 5.56 Å². The standard InChI is InChI=1S/C14H17N3/c1-3-7-13(4-2)15-10-12-11-16-17-9-6-5-8-14(12)17/h2,5-6,8-9,11,13,15H,3,7,10H2,1H3. The van der Waals surface area contributed by atoms with Crippen LogP contribution in [0.4, 0.5) is 0 Å². The van der Waals surface area contributed by atoms with E-state index in [1.54, 1.807) is 0 Å². The Morgan fingerprint density at radius 1 is 1.53 bits per heavy atom. The van der Waals surface area contributed by atoms with Crippen molar-refractivity contribution in [1.29, 1.82) is 0 Å². The Hall–Kier alpha value is -1.79. The summed E-state index contributed by atoms with van der Waals surface area (Å²) in [6.07, 6.45) is 11.4. The van der Waals surface area contributed by atoms with Crippen molar-refractivity contribution in [3.63, 3.8) is 0 Å². The van der Waals surface area contributed by atoms with Gasteiger partial charge in [-0.3, -0.25) is 5.32 Å². The number of nitrogens with zero attached hydrogens (tertiary/aromatic N) is 2. The molecule has 0 saturated carbocycles. The molecule has 0 aromatic carbocycles. The van der Waals surface area contributed by atoms with E-state index in [-0.39, 0.29) is 6.04 Å². The van der Waals surface area contributed by atoms with E-state index in [9.17, 15) is 0 Å². The minimum atomic E-state index is 0.152. The number of hydrogen-bond donors (Lipinski definition) is 1. The van der Waals surface area contributed by atoms with E-state index in [0.717, 1.165) is 24.9 Å². The van der Waals surface area contributed by atoms with Gasteiger partial charge < -0.3 is 0 Å². The van der Waals surface area contributed by atoms with Crippen molar-refractivity contribution in [1.82, 2.24) is 14.9 Å². The third-order valence-corrected chi connectivity index (χ3v) is 2.82. The maximum absolute atomic E-state index is 5.48. The van der Waals surface area contributed by atoms with Gasteiger partial charge in [0.2, 0.25) is 0 Å². The summed E-state index contributed by atoms with van der Waals surface area (Å²) < 4.78 is 1.88. The molecular weight excluding hydrogens is 210 g/mol. The quantitative estimate of drug-likeness (QED) is 0.794. The normalized spacial score (nSPS) is 12.5. The number of aromatic nitrogens is 2. The van der Waals surface area contributed by atoms with Gasteiger partial charge in [-0.1, -0.05) is 25.3 Å². The zero-order chi connectivity index (χ0) is 12.1. The van der Waals surface area contributed by atoms with Gasteiger partial charge >= 0.3 is 0 Å². The van der Waals surface area contributed by atoms with E-state index < -0.39 is 0 Å². The Balaban J connectivity index is 2.06. The lowest BCUT2D eigenvalue weighted by molar-refractivity contribution is 0.564. The molecule has 0 aliphatic heterocycles. The molecule has 3 heteroatoms. The lowest BCUT2D eigenvalue weighted by Crippen LogP contribution is -2.26. The van der Waals surface area contributed by atoms with Gasteiger partial charge in [0, 0.05) is 18.3 Å². The van der Waals surface area contributed by atoms with Crippen LogP contribution in [0.3, 0.4) is 0 Å². The van der Waals surface area contributed by atoms with Crippen molar-refractivity contribution in [2.45, 2.75) is 32.4 Å². The molecular formula is C14H17N3. The second kappa shape index (κ2) is 5.51. The number of nitrogens with one attached hydrogen (secondary N) is 1. The molecule has 0 fully saturated rings. The van der Waals surface area contributed by atoms with Gasteiger partial charge in [0.15, 0.2) is 0 Å². The fraction of sp³-hybridized carbons (Fsp3) is 0.357. The molecule has 2 rings (SSSR count). The molecule has 0 bridgehead atoms. The number of pyridine rings is 1. The summed E-state index contributed by atoms with van der Waals surface area (Å²) in [5, 5.41) is 7.67. The number of hydrogen-bond acceptors (Lipinski definition) is 2. The van der Waals surface area contributed by atoms with Gasteiger partial charge in [0.1, 0.15) is 0 Å². The van der Waals surface area contributed by atoms with Crippen LogP contribution in [0.15, 0.2) is 30.6 Å². The van der Waals surface area contributed by atoms with E-state index in [0.29, 0.717) is 0 Å². The predicted molar refractivity (Wildman–Crippen MR) is 69.6 cm³/mol. The Kier molecular flexibility index (Phi) is 3.79. The lowest BCUT2D eigenvalue weighted by atomic mass is 10.1. The molecule has 0 radical (unpaired) electrons. The highest BCUT2D eigenvalue weighted by Gasteiger charge is 2.06. The lowest BCUT2D eigenvalue weighted by Gasteiger charge is -2.10. The van der Waals surface area contributed by atoms with Crippen molar-refractivity contribution < 1.29 is 0 Å². The third kappa shape index (κ3) is 2.66. The fourth-order valence-corrected chi connectivity index (χ4v) is 1.89. The smallest absolute Gasteiger partial charge is 0.0706 e. The van der Waals surface area contributed by atoms with Crippen LogP contribution in [0.25, 0.3) is 5.52 Å².